The number of alkyl halides is 4. The zero-order valence-corrected chi connectivity index (χ0v) is 5.25. The van der Waals surface area contributed by atoms with Crippen LogP contribution in [0.5, 0.6) is 0 Å². The Balaban J connectivity index is 3.87. The Hall–Kier alpha value is -0.320. The van der Waals surface area contributed by atoms with Crippen molar-refractivity contribution in [3.05, 3.63) is 0 Å². The molecule has 0 heterocycles. The maximum Gasteiger partial charge on any atom is 0.189 e. The van der Waals surface area contributed by atoms with Crippen molar-refractivity contribution in [2.75, 3.05) is 26.9 Å². The topological polar surface area (TPSA) is 9.23 Å². The molecule has 0 unspecified atom stereocenters. The van der Waals surface area contributed by atoms with Gasteiger partial charge in [0.05, 0.1) is 0 Å². The van der Waals surface area contributed by atoms with Crippen molar-refractivity contribution in [3.8, 4) is 0 Å². The van der Waals surface area contributed by atoms with Crippen LogP contribution in [0.15, 0.2) is 0 Å². The fraction of sp³-hybridized carbons (Fsp3) is 1.00. The number of rotatable bonds is 5. The summed E-state index contributed by atoms with van der Waals surface area (Å²) in [5.74, 6) is 0. The molecule has 62 valence electrons. The van der Waals surface area contributed by atoms with E-state index < -0.39 is 32.5 Å². The molecule has 0 bridgehead atoms. The predicted octanol–water partition coefficient (Wildman–Crippen LogP) is 1.58. The summed E-state index contributed by atoms with van der Waals surface area (Å²) in [6.07, 6.45) is 0. The largest absolute Gasteiger partial charge is 0.336 e. The van der Waals surface area contributed by atoms with Gasteiger partial charge in [0.25, 0.3) is 0 Å². The second kappa shape index (κ2) is 4.49. The molecule has 0 aliphatic heterocycles. The first-order valence-electron chi connectivity index (χ1n) is 2.62. The Morgan fingerprint density at radius 3 is 1.40 bits per heavy atom. The SMILES string of the molecule is FCOC(CF)(CF)CF. The minimum Gasteiger partial charge on any atom is -0.336 e. The van der Waals surface area contributed by atoms with Crippen LogP contribution in [0.3, 0.4) is 0 Å². The lowest BCUT2D eigenvalue weighted by Gasteiger charge is -2.22. The van der Waals surface area contributed by atoms with Crippen LogP contribution in [0, 0.1) is 0 Å². The molecule has 0 atom stereocenters. The van der Waals surface area contributed by atoms with Crippen molar-refractivity contribution in [1.82, 2.24) is 0 Å². The van der Waals surface area contributed by atoms with Crippen molar-refractivity contribution in [1.29, 1.82) is 0 Å². The van der Waals surface area contributed by atoms with Gasteiger partial charge in [0, 0.05) is 0 Å². The predicted molar refractivity (Wildman–Crippen MR) is 27.7 cm³/mol. The maximum absolute atomic E-state index is 11.7. The van der Waals surface area contributed by atoms with Gasteiger partial charge in [0.2, 0.25) is 0 Å². The van der Waals surface area contributed by atoms with Gasteiger partial charge in [-0.05, 0) is 0 Å². The molecule has 0 aliphatic carbocycles. The van der Waals surface area contributed by atoms with Gasteiger partial charge in [-0.2, -0.15) is 0 Å². The van der Waals surface area contributed by atoms with E-state index in [-0.39, 0.29) is 0 Å². The van der Waals surface area contributed by atoms with E-state index in [2.05, 4.69) is 4.74 Å². The second-order valence-electron chi connectivity index (χ2n) is 1.84. The number of hydrogen-bond donors (Lipinski definition) is 0. The normalized spacial score (nSPS) is 12.0. The molecular weight excluding hydrogens is 152 g/mol. The van der Waals surface area contributed by atoms with Crippen molar-refractivity contribution >= 4 is 0 Å². The molecular formula is C5H8F4O. The molecule has 0 aliphatic rings. The fourth-order valence-electron chi connectivity index (χ4n) is 0.339. The second-order valence-corrected chi connectivity index (χ2v) is 1.84. The molecule has 0 aromatic heterocycles. The molecule has 0 rings (SSSR count). The van der Waals surface area contributed by atoms with E-state index in [1.807, 2.05) is 0 Å². The lowest BCUT2D eigenvalue weighted by Crippen LogP contribution is -2.40. The molecule has 5 heteroatoms. The highest BCUT2D eigenvalue weighted by atomic mass is 19.2. The molecule has 10 heavy (non-hydrogen) atoms. The van der Waals surface area contributed by atoms with Crippen molar-refractivity contribution in [2.24, 2.45) is 0 Å². The highest BCUT2D eigenvalue weighted by Crippen LogP contribution is 2.13. The molecule has 0 saturated carbocycles. The minimum atomic E-state index is -2.20. The number of halogens is 4. The van der Waals surface area contributed by atoms with Crippen LogP contribution in [-0.4, -0.2) is 32.5 Å². The van der Waals surface area contributed by atoms with Gasteiger partial charge in [-0.3, -0.25) is 0 Å². The van der Waals surface area contributed by atoms with Crippen molar-refractivity contribution in [2.45, 2.75) is 5.60 Å². The molecule has 1 nitrogen and oxygen atoms in total. The summed E-state index contributed by atoms with van der Waals surface area (Å²) in [6.45, 7) is -5.45. The van der Waals surface area contributed by atoms with Crippen LogP contribution in [0.2, 0.25) is 0 Å². The summed E-state index contributed by atoms with van der Waals surface area (Å²) in [5.41, 5.74) is -2.20. The third-order valence-corrected chi connectivity index (χ3v) is 1.09. The van der Waals surface area contributed by atoms with E-state index >= 15 is 0 Å². The molecule has 0 aromatic carbocycles. The third-order valence-electron chi connectivity index (χ3n) is 1.09. The van der Waals surface area contributed by atoms with Crippen LogP contribution >= 0.6 is 0 Å². The third kappa shape index (κ3) is 2.13. The molecule has 0 fully saturated rings. The number of hydrogen-bond acceptors (Lipinski definition) is 1. The van der Waals surface area contributed by atoms with Gasteiger partial charge in [-0.25, -0.2) is 17.6 Å². The summed E-state index contributed by atoms with van der Waals surface area (Å²) >= 11 is 0. The monoisotopic (exact) mass is 160 g/mol. The molecule has 0 spiro atoms. The molecule has 0 N–H and O–H groups in total. The summed E-state index contributed by atoms with van der Waals surface area (Å²) in [5, 5.41) is 0. The average molecular weight is 160 g/mol. The van der Waals surface area contributed by atoms with Crippen LogP contribution in [0.25, 0.3) is 0 Å². The lowest BCUT2D eigenvalue weighted by molar-refractivity contribution is -0.118. The highest BCUT2D eigenvalue weighted by Gasteiger charge is 2.31. The minimum absolute atomic E-state index is 1.36. The van der Waals surface area contributed by atoms with Crippen molar-refractivity contribution in [3.63, 3.8) is 0 Å². The lowest BCUT2D eigenvalue weighted by atomic mass is 10.1. The first-order chi connectivity index (χ1) is 4.74. The summed E-state index contributed by atoms with van der Waals surface area (Å²) in [7, 11) is 0. The quantitative estimate of drug-likeness (QED) is 0.555. The highest BCUT2D eigenvalue weighted by molar-refractivity contribution is 4.77. The van der Waals surface area contributed by atoms with E-state index in [4.69, 9.17) is 0 Å². The smallest absolute Gasteiger partial charge is 0.189 e. The van der Waals surface area contributed by atoms with Gasteiger partial charge < -0.3 is 4.74 Å². The van der Waals surface area contributed by atoms with E-state index in [1.54, 1.807) is 0 Å². The zero-order valence-electron chi connectivity index (χ0n) is 5.25. The Morgan fingerprint density at radius 2 is 1.30 bits per heavy atom. The average Bonchev–Trinajstić information content (AvgIpc) is 2.01. The van der Waals surface area contributed by atoms with Crippen LogP contribution in [-0.2, 0) is 4.74 Å². The van der Waals surface area contributed by atoms with E-state index in [0.29, 0.717) is 0 Å². The Kier molecular flexibility index (Phi) is 4.34. The van der Waals surface area contributed by atoms with Crippen LogP contribution < -0.4 is 0 Å². The summed E-state index contributed by atoms with van der Waals surface area (Å²) in [4.78, 5) is 0. The van der Waals surface area contributed by atoms with Gasteiger partial charge in [0.15, 0.2) is 12.5 Å². The molecule has 0 radical (unpaired) electrons. The van der Waals surface area contributed by atoms with Crippen LogP contribution in [0.1, 0.15) is 0 Å². The zero-order chi connectivity index (χ0) is 8.04. The summed E-state index contributed by atoms with van der Waals surface area (Å²) in [6, 6.07) is 0. The standard InChI is InChI=1S/C5H8F4O/c6-1-5(2-7,3-8)10-4-9/h1-4H2. The van der Waals surface area contributed by atoms with E-state index in [0.717, 1.165) is 0 Å². The van der Waals surface area contributed by atoms with Gasteiger partial charge >= 0.3 is 0 Å². The number of ether oxygens (including phenoxy) is 1. The Morgan fingerprint density at radius 1 is 0.900 bits per heavy atom. The van der Waals surface area contributed by atoms with Gasteiger partial charge in [-0.1, -0.05) is 0 Å². The van der Waals surface area contributed by atoms with Gasteiger partial charge in [-0.15, -0.1) is 0 Å². The molecule has 0 aromatic rings. The maximum atomic E-state index is 11.7. The fourth-order valence-corrected chi connectivity index (χ4v) is 0.339. The van der Waals surface area contributed by atoms with Crippen LogP contribution in [0.4, 0.5) is 17.6 Å². The first-order valence-corrected chi connectivity index (χ1v) is 2.62. The Bertz CT molecular complexity index is 75.5. The van der Waals surface area contributed by atoms with E-state index in [1.165, 1.54) is 0 Å². The first kappa shape index (κ1) is 9.68. The van der Waals surface area contributed by atoms with E-state index in [9.17, 15) is 17.6 Å². The van der Waals surface area contributed by atoms with Gasteiger partial charge in [0.1, 0.15) is 20.0 Å². The molecule has 0 amide bonds. The molecule has 0 saturated heterocycles. The van der Waals surface area contributed by atoms with Crippen molar-refractivity contribution < 1.29 is 22.3 Å². The Labute approximate surface area is 56.0 Å². The summed E-state index contributed by atoms with van der Waals surface area (Å²) < 4.78 is 50.4.